The van der Waals surface area contributed by atoms with Gasteiger partial charge < -0.3 is 5.73 Å². The van der Waals surface area contributed by atoms with Gasteiger partial charge in [-0.2, -0.15) is 0 Å². The highest BCUT2D eigenvalue weighted by Gasteiger charge is 2.21. The molecule has 2 nitrogen and oxygen atoms in total. The van der Waals surface area contributed by atoms with Crippen LogP contribution in [0, 0.1) is 5.82 Å². The molecule has 0 bridgehead atoms. The first-order valence-electron chi connectivity index (χ1n) is 6.57. The lowest BCUT2D eigenvalue weighted by molar-refractivity contribution is 0.205. The van der Waals surface area contributed by atoms with Crippen molar-refractivity contribution in [2.45, 2.75) is 19.5 Å². The first kappa shape index (κ1) is 15.4. The third-order valence-corrected chi connectivity index (χ3v) is 4.52. The lowest BCUT2D eigenvalue weighted by atomic mass is 10.0. The van der Waals surface area contributed by atoms with Crippen LogP contribution in [0.1, 0.15) is 23.4 Å². The van der Waals surface area contributed by atoms with E-state index in [9.17, 15) is 4.39 Å². The summed E-state index contributed by atoms with van der Waals surface area (Å²) in [7, 11) is 0. The Hall–Kier alpha value is -0.940. The van der Waals surface area contributed by atoms with Crippen molar-refractivity contribution in [3.05, 3.63) is 57.0 Å². The minimum absolute atomic E-state index is 0.00444. The van der Waals surface area contributed by atoms with Crippen molar-refractivity contribution in [2.24, 2.45) is 5.73 Å². The summed E-state index contributed by atoms with van der Waals surface area (Å²) < 4.78 is 13.2. The normalized spacial score (nSPS) is 12.8. The number of nitrogens with zero attached hydrogens (tertiary/aromatic N) is 1. The first-order chi connectivity index (χ1) is 9.65. The minimum Gasteiger partial charge on any atom is -0.329 e. The van der Waals surface area contributed by atoms with Crippen molar-refractivity contribution >= 4 is 22.9 Å². The molecular formula is C15H18ClFN2S. The summed E-state index contributed by atoms with van der Waals surface area (Å²) in [6.07, 6.45) is 0. The average Bonchev–Trinajstić information content (AvgIpc) is 2.93. The molecule has 0 saturated carbocycles. The molecule has 0 aliphatic heterocycles. The molecule has 0 saturated heterocycles. The second-order valence-electron chi connectivity index (χ2n) is 4.56. The van der Waals surface area contributed by atoms with Gasteiger partial charge in [0.15, 0.2) is 0 Å². The molecule has 20 heavy (non-hydrogen) atoms. The third kappa shape index (κ3) is 3.58. The summed E-state index contributed by atoms with van der Waals surface area (Å²) in [6.45, 7) is 4.22. The number of hydrogen-bond acceptors (Lipinski definition) is 3. The van der Waals surface area contributed by atoms with Crippen LogP contribution in [0.5, 0.6) is 0 Å². The van der Waals surface area contributed by atoms with Crippen LogP contribution in [0.2, 0.25) is 5.02 Å². The molecule has 1 atom stereocenters. The van der Waals surface area contributed by atoms with Crippen molar-refractivity contribution in [3.8, 4) is 0 Å². The summed E-state index contributed by atoms with van der Waals surface area (Å²) >= 11 is 7.89. The summed E-state index contributed by atoms with van der Waals surface area (Å²) in [5, 5.41) is 2.50. The highest BCUT2D eigenvalue weighted by Crippen LogP contribution is 2.29. The van der Waals surface area contributed by atoms with E-state index in [4.69, 9.17) is 17.3 Å². The van der Waals surface area contributed by atoms with Crippen LogP contribution in [-0.2, 0) is 6.54 Å². The van der Waals surface area contributed by atoms with Crippen LogP contribution in [0.3, 0.4) is 0 Å². The molecule has 2 aromatic rings. The van der Waals surface area contributed by atoms with Crippen LogP contribution in [0.4, 0.5) is 4.39 Å². The molecular weight excluding hydrogens is 295 g/mol. The molecule has 0 fully saturated rings. The van der Waals surface area contributed by atoms with Crippen molar-refractivity contribution in [3.63, 3.8) is 0 Å². The molecule has 1 unspecified atom stereocenters. The lowest BCUT2D eigenvalue weighted by Gasteiger charge is -2.30. The Morgan fingerprint density at radius 3 is 2.75 bits per heavy atom. The van der Waals surface area contributed by atoms with E-state index in [1.807, 2.05) is 6.07 Å². The molecule has 2 rings (SSSR count). The Morgan fingerprint density at radius 2 is 2.20 bits per heavy atom. The zero-order valence-electron chi connectivity index (χ0n) is 11.4. The summed E-state index contributed by atoms with van der Waals surface area (Å²) in [4.78, 5) is 3.54. The summed E-state index contributed by atoms with van der Waals surface area (Å²) in [5.41, 5.74) is 6.81. The number of hydrogen-bond donors (Lipinski definition) is 1. The SMILES string of the molecule is CCN(Cc1cccs1)C(CN)c1ccc(F)cc1Cl. The second-order valence-corrected chi connectivity index (χ2v) is 6.00. The van der Waals surface area contributed by atoms with Gasteiger partial charge in [-0.25, -0.2) is 4.39 Å². The van der Waals surface area contributed by atoms with E-state index in [0.29, 0.717) is 11.6 Å². The Morgan fingerprint density at radius 1 is 1.40 bits per heavy atom. The van der Waals surface area contributed by atoms with Gasteiger partial charge in [0.05, 0.1) is 0 Å². The largest absolute Gasteiger partial charge is 0.329 e. The molecule has 1 heterocycles. The van der Waals surface area contributed by atoms with Crippen molar-refractivity contribution in [1.29, 1.82) is 0 Å². The standard InChI is InChI=1S/C15H18ClFN2S/c1-2-19(10-12-4-3-7-20-12)15(9-18)13-6-5-11(17)8-14(13)16/h3-8,15H,2,9-10,18H2,1H3. The zero-order chi connectivity index (χ0) is 14.5. The Labute approximate surface area is 128 Å². The fourth-order valence-electron chi connectivity index (χ4n) is 2.29. The number of nitrogens with two attached hydrogens (primary N) is 1. The van der Waals surface area contributed by atoms with Crippen LogP contribution in [0.15, 0.2) is 35.7 Å². The minimum atomic E-state index is -0.323. The van der Waals surface area contributed by atoms with Crippen molar-refractivity contribution in [1.82, 2.24) is 4.90 Å². The topological polar surface area (TPSA) is 29.3 Å². The zero-order valence-corrected chi connectivity index (χ0v) is 12.9. The fraction of sp³-hybridized carbons (Fsp3) is 0.333. The van der Waals surface area contributed by atoms with Gasteiger partial charge in [0.2, 0.25) is 0 Å². The monoisotopic (exact) mass is 312 g/mol. The van der Waals surface area contributed by atoms with Gasteiger partial charge in [-0.05, 0) is 35.7 Å². The number of rotatable bonds is 6. The van der Waals surface area contributed by atoms with E-state index in [-0.39, 0.29) is 11.9 Å². The third-order valence-electron chi connectivity index (χ3n) is 3.33. The molecule has 0 aliphatic rings. The second kappa shape index (κ2) is 7.18. The molecule has 1 aromatic heterocycles. The molecule has 0 spiro atoms. The van der Waals surface area contributed by atoms with E-state index in [0.717, 1.165) is 18.7 Å². The van der Waals surface area contributed by atoms with Crippen LogP contribution in [0.25, 0.3) is 0 Å². The van der Waals surface area contributed by atoms with Gasteiger partial charge in [0.1, 0.15) is 5.82 Å². The molecule has 5 heteroatoms. The van der Waals surface area contributed by atoms with E-state index < -0.39 is 0 Å². The van der Waals surface area contributed by atoms with Gasteiger partial charge in [-0.3, -0.25) is 4.90 Å². The molecule has 0 aliphatic carbocycles. The maximum absolute atomic E-state index is 13.2. The van der Waals surface area contributed by atoms with E-state index >= 15 is 0 Å². The van der Waals surface area contributed by atoms with Gasteiger partial charge >= 0.3 is 0 Å². The van der Waals surface area contributed by atoms with E-state index in [2.05, 4.69) is 23.3 Å². The maximum Gasteiger partial charge on any atom is 0.124 e. The highest BCUT2D eigenvalue weighted by molar-refractivity contribution is 7.09. The van der Waals surface area contributed by atoms with Crippen molar-refractivity contribution < 1.29 is 4.39 Å². The fourth-order valence-corrected chi connectivity index (χ4v) is 3.31. The maximum atomic E-state index is 13.2. The first-order valence-corrected chi connectivity index (χ1v) is 7.83. The Balaban J connectivity index is 2.24. The number of likely N-dealkylation sites (N-methyl/N-ethyl adjacent to an activating group) is 1. The molecule has 0 amide bonds. The number of benzene rings is 1. The van der Waals surface area contributed by atoms with E-state index in [1.165, 1.54) is 17.0 Å². The number of halogens is 2. The van der Waals surface area contributed by atoms with Gasteiger partial charge in [0, 0.05) is 29.0 Å². The van der Waals surface area contributed by atoms with Crippen LogP contribution >= 0.6 is 22.9 Å². The summed E-state index contributed by atoms with van der Waals surface area (Å²) in [5.74, 6) is -0.323. The van der Waals surface area contributed by atoms with E-state index in [1.54, 1.807) is 17.4 Å². The quantitative estimate of drug-likeness (QED) is 0.871. The smallest absolute Gasteiger partial charge is 0.124 e. The molecule has 108 valence electrons. The molecule has 1 aromatic carbocycles. The predicted octanol–water partition coefficient (Wildman–Crippen LogP) is 4.06. The van der Waals surface area contributed by atoms with Crippen molar-refractivity contribution in [2.75, 3.05) is 13.1 Å². The van der Waals surface area contributed by atoms with Crippen LogP contribution in [-0.4, -0.2) is 18.0 Å². The molecule has 0 radical (unpaired) electrons. The van der Waals surface area contributed by atoms with Gasteiger partial charge in [0.25, 0.3) is 0 Å². The van der Waals surface area contributed by atoms with Gasteiger partial charge in [-0.1, -0.05) is 30.7 Å². The Kier molecular flexibility index (Phi) is 5.54. The predicted molar refractivity (Wildman–Crippen MR) is 83.6 cm³/mol. The lowest BCUT2D eigenvalue weighted by Crippen LogP contribution is -2.33. The highest BCUT2D eigenvalue weighted by atomic mass is 35.5. The van der Waals surface area contributed by atoms with Crippen LogP contribution < -0.4 is 5.73 Å². The number of thiophene rings is 1. The summed E-state index contributed by atoms with van der Waals surface area (Å²) in [6, 6.07) is 8.65. The van der Waals surface area contributed by atoms with Gasteiger partial charge in [-0.15, -0.1) is 11.3 Å². The molecule has 2 N–H and O–H groups in total. The Bertz CT molecular complexity index is 545. The average molecular weight is 313 g/mol.